The van der Waals surface area contributed by atoms with Gasteiger partial charge in [-0.05, 0) is 92.5 Å². The van der Waals surface area contributed by atoms with Crippen molar-refractivity contribution in [2.75, 3.05) is 0 Å². The molecule has 220 valence electrons. The topological polar surface area (TPSA) is 9.86 Å². The second kappa shape index (κ2) is 9.69. The summed E-state index contributed by atoms with van der Waals surface area (Å²) in [6, 6.07) is 49.0. The highest BCUT2D eigenvalue weighted by Gasteiger charge is 2.23. The Morgan fingerprint density at radius 2 is 0.957 bits per heavy atom. The molecule has 0 radical (unpaired) electrons. The Morgan fingerprint density at radius 1 is 0.447 bits per heavy atom. The third-order valence-corrected chi connectivity index (χ3v) is 10.2. The summed E-state index contributed by atoms with van der Waals surface area (Å²) < 4.78 is 4.87. The van der Waals surface area contributed by atoms with E-state index in [1.165, 1.54) is 92.7 Å². The number of aromatic nitrogens is 2. The van der Waals surface area contributed by atoms with Crippen LogP contribution in [0.15, 0.2) is 152 Å². The molecule has 10 aromatic rings. The number of fused-ring (bicyclic) bond motifs is 8. The smallest absolute Gasteiger partial charge is 0.0553 e. The molecule has 8 aromatic carbocycles. The molecule has 0 saturated heterocycles. The number of nitrogens with zero attached hydrogens (tertiary/aromatic N) is 2. The average Bonchev–Trinajstić information content (AvgIpc) is 3.61. The molecule has 0 amide bonds. The number of benzene rings is 8. The molecular weight excluding hydrogens is 569 g/mol. The van der Waals surface area contributed by atoms with Crippen LogP contribution in [-0.2, 0) is 0 Å². The number of rotatable bonds is 4. The van der Waals surface area contributed by atoms with Crippen molar-refractivity contribution in [1.82, 2.24) is 9.13 Å². The summed E-state index contributed by atoms with van der Waals surface area (Å²) >= 11 is 0. The molecule has 0 unspecified atom stereocenters. The minimum Gasteiger partial charge on any atom is -0.313 e. The molecule has 0 aliphatic carbocycles. The molecule has 2 nitrogen and oxygen atoms in total. The van der Waals surface area contributed by atoms with Crippen molar-refractivity contribution in [2.24, 2.45) is 0 Å². The van der Waals surface area contributed by atoms with Gasteiger partial charge in [-0.2, -0.15) is 0 Å². The molecule has 2 heterocycles. The summed E-state index contributed by atoms with van der Waals surface area (Å²) in [5.74, 6) is 0. The van der Waals surface area contributed by atoms with Crippen molar-refractivity contribution in [3.63, 3.8) is 0 Å². The zero-order valence-corrected chi connectivity index (χ0v) is 26.0. The normalized spacial score (nSPS) is 12.4. The van der Waals surface area contributed by atoms with E-state index in [1.807, 2.05) is 6.08 Å². The number of allylic oxidation sites excluding steroid dienone is 2. The lowest BCUT2D eigenvalue weighted by atomic mass is 9.87. The number of hydrogen-bond acceptors (Lipinski definition) is 0. The van der Waals surface area contributed by atoms with Crippen LogP contribution in [0.3, 0.4) is 0 Å². The van der Waals surface area contributed by atoms with E-state index in [0.29, 0.717) is 0 Å². The molecule has 0 spiro atoms. The van der Waals surface area contributed by atoms with Gasteiger partial charge in [-0.3, -0.25) is 0 Å². The van der Waals surface area contributed by atoms with Gasteiger partial charge >= 0.3 is 0 Å². The fourth-order valence-electron chi connectivity index (χ4n) is 8.36. The molecule has 0 aliphatic rings. The highest BCUT2D eigenvalue weighted by Crippen LogP contribution is 2.48. The molecule has 10 rings (SSSR count). The molecule has 2 heteroatoms. The first-order valence-electron chi connectivity index (χ1n) is 16.2. The van der Waals surface area contributed by atoms with E-state index in [9.17, 15) is 0 Å². The van der Waals surface area contributed by atoms with Crippen LogP contribution < -0.4 is 0 Å². The van der Waals surface area contributed by atoms with Gasteiger partial charge in [-0.15, -0.1) is 0 Å². The van der Waals surface area contributed by atoms with Gasteiger partial charge < -0.3 is 9.13 Å². The molecule has 0 bridgehead atoms. The van der Waals surface area contributed by atoms with Crippen molar-refractivity contribution in [3.05, 3.63) is 163 Å². The molecule has 0 fully saturated rings. The van der Waals surface area contributed by atoms with Crippen LogP contribution in [-0.4, -0.2) is 9.13 Å². The first-order chi connectivity index (χ1) is 23.2. The van der Waals surface area contributed by atoms with Gasteiger partial charge in [0.25, 0.3) is 0 Å². The van der Waals surface area contributed by atoms with E-state index < -0.39 is 0 Å². The zero-order valence-electron chi connectivity index (χ0n) is 26.0. The maximum Gasteiger partial charge on any atom is 0.0553 e. The molecule has 0 atom stereocenters. The summed E-state index contributed by atoms with van der Waals surface area (Å²) in [4.78, 5) is 0. The Labute approximate surface area is 272 Å². The molecular formula is C45H30N2. The Hall–Kier alpha value is -6.12. The summed E-state index contributed by atoms with van der Waals surface area (Å²) in [7, 11) is 0. The minimum absolute atomic E-state index is 1.16. The van der Waals surface area contributed by atoms with Crippen molar-refractivity contribution < 1.29 is 0 Å². The lowest BCUT2D eigenvalue weighted by molar-refractivity contribution is 1.05. The number of hydrogen-bond donors (Lipinski definition) is 0. The Balaban J connectivity index is 1.49. The second-order valence-electron chi connectivity index (χ2n) is 12.5. The SMILES string of the molecule is C=C/C=C\c1c(C)n(-c2ccccc2)c2cc3c4cc5c(c6cccc(c7cccc(c12)c73)c46)c1ccccc1n5-c1ccccc1. The van der Waals surface area contributed by atoms with Crippen LogP contribution in [0, 0.1) is 6.92 Å². The number of para-hydroxylation sites is 3. The highest BCUT2D eigenvalue weighted by atomic mass is 15.0. The second-order valence-corrected chi connectivity index (χ2v) is 12.5. The van der Waals surface area contributed by atoms with Crippen LogP contribution in [0.4, 0.5) is 0 Å². The van der Waals surface area contributed by atoms with Crippen LogP contribution in [0.2, 0.25) is 0 Å². The predicted molar refractivity (Wildman–Crippen MR) is 203 cm³/mol. The van der Waals surface area contributed by atoms with Crippen LogP contribution in [0.1, 0.15) is 11.3 Å². The van der Waals surface area contributed by atoms with Gasteiger partial charge in [-0.1, -0.05) is 116 Å². The minimum atomic E-state index is 1.16. The predicted octanol–water partition coefficient (Wildman–Crippen LogP) is 12.3. The maximum atomic E-state index is 3.98. The van der Waals surface area contributed by atoms with Crippen molar-refractivity contribution >= 4 is 81.9 Å². The first-order valence-corrected chi connectivity index (χ1v) is 16.2. The van der Waals surface area contributed by atoms with E-state index in [0.717, 1.165) is 5.69 Å². The van der Waals surface area contributed by atoms with Crippen molar-refractivity contribution in [1.29, 1.82) is 0 Å². The molecule has 0 aliphatic heterocycles. The van der Waals surface area contributed by atoms with Crippen LogP contribution in [0.5, 0.6) is 0 Å². The quantitative estimate of drug-likeness (QED) is 0.108. The summed E-state index contributed by atoms with van der Waals surface area (Å²) in [6.45, 7) is 6.22. The maximum absolute atomic E-state index is 3.98. The lowest BCUT2D eigenvalue weighted by Crippen LogP contribution is -1.97. The van der Waals surface area contributed by atoms with E-state index in [-0.39, 0.29) is 0 Å². The third kappa shape index (κ3) is 3.45. The molecule has 2 aromatic heterocycles. The largest absolute Gasteiger partial charge is 0.313 e. The molecule has 0 N–H and O–H groups in total. The van der Waals surface area contributed by atoms with Gasteiger partial charge in [0.1, 0.15) is 0 Å². The van der Waals surface area contributed by atoms with Gasteiger partial charge in [0.2, 0.25) is 0 Å². The van der Waals surface area contributed by atoms with E-state index >= 15 is 0 Å². The zero-order chi connectivity index (χ0) is 31.2. The van der Waals surface area contributed by atoms with Crippen LogP contribution >= 0.6 is 0 Å². The van der Waals surface area contributed by atoms with Gasteiger partial charge in [0.05, 0.1) is 16.6 Å². The summed E-state index contributed by atoms with van der Waals surface area (Å²) in [5.41, 5.74) is 8.46. The van der Waals surface area contributed by atoms with E-state index in [4.69, 9.17) is 0 Å². The van der Waals surface area contributed by atoms with E-state index in [2.05, 4.69) is 168 Å². The van der Waals surface area contributed by atoms with Gasteiger partial charge in [0, 0.05) is 38.8 Å². The van der Waals surface area contributed by atoms with Gasteiger partial charge in [0.15, 0.2) is 0 Å². The Morgan fingerprint density at radius 3 is 1.60 bits per heavy atom. The molecule has 0 saturated carbocycles. The fourth-order valence-corrected chi connectivity index (χ4v) is 8.36. The Bertz CT molecular complexity index is 2900. The van der Waals surface area contributed by atoms with Gasteiger partial charge in [-0.25, -0.2) is 0 Å². The first kappa shape index (κ1) is 26.1. The van der Waals surface area contributed by atoms with Crippen molar-refractivity contribution in [3.8, 4) is 11.4 Å². The van der Waals surface area contributed by atoms with Crippen molar-refractivity contribution in [2.45, 2.75) is 6.92 Å². The fraction of sp³-hybridized carbons (Fsp3) is 0.0222. The summed E-state index contributed by atoms with van der Waals surface area (Å²) in [5, 5.41) is 14.3. The highest BCUT2D eigenvalue weighted by molar-refractivity contribution is 6.40. The standard InChI is InChI=1S/C45H30N2/c1-3-4-19-31-28(2)46(29-15-7-5-8-16-29)40-26-37-38-27-41-45(34-20-11-12-25-39(34)47(41)30-17-9-6-10-18-30)36-24-14-22-33(43(36)38)32-21-13-23-35(42(32)37)44(31)40/h3-27H,1H2,2H3/b19-4-. The lowest BCUT2D eigenvalue weighted by Gasteiger charge is -2.17. The summed E-state index contributed by atoms with van der Waals surface area (Å²) in [6.07, 6.45) is 6.14. The third-order valence-electron chi connectivity index (χ3n) is 10.2. The molecule has 47 heavy (non-hydrogen) atoms. The monoisotopic (exact) mass is 598 g/mol. The average molecular weight is 599 g/mol. The Kier molecular flexibility index (Phi) is 5.39. The van der Waals surface area contributed by atoms with Crippen LogP contribution in [0.25, 0.3) is 93.2 Å². The van der Waals surface area contributed by atoms with E-state index in [1.54, 1.807) is 0 Å².